The maximum atomic E-state index is 5.51. The third-order valence-electron chi connectivity index (χ3n) is 4.55. The highest BCUT2D eigenvalue weighted by Gasteiger charge is 2.09. The quantitative estimate of drug-likeness (QED) is 0.170. The number of benzene rings is 2. The van der Waals surface area contributed by atoms with Crippen LogP contribution in [-0.2, 0) is 5.75 Å². The zero-order valence-corrected chi connectivity index (χ0v) is 19.6. The van der Waals surface area contributed by atoms with E-state index in [0.717, 1.165) is 39.0 Å². The van der Waals surface area contributed by atoms with Crippen molar-refractivity contribution in [3.8, 4) is 5.75 Å². The van der Waals surface area contributed by atoms with E-state index in [1.165, 1.54) is 5.56 Å². The molecule has 0 atom stereocenters. The van der Waals surface area contributed by atoms with Crippen LogP contribution in [0, 0.1) is 13.8 Å². The summed E-state index contributed by atoms with van der Waals surface area (Å²) in [7, 11) is 1.67. The molecule has 3 rings (SSSR count). The van der Waals surface area contributed by atoms with Crippen molar-refractivity contribution in [1.82, 2.24) is 15.4 Å². The van der Waals surface area contributed by atoms with Crippen LogP contribution < -0.4 is 15.5 Å². The molecule has 0 unspecified atom stereocenters. The lowest BCUT2D eigenvalue weighted by Crippen LogP contribution is -2.25. The number of hydrogen-bond donors (Lipinski definition) is 2. The van der Waals surface area contributed by atoms with Gasteiger partial charge >= 0.3 is 0 Å². The number of ether oxygens (including phenoxy) is 1. The molecule has 0 aliphatic rings. The Bertz CT molecular complexity index is 1090. The molecule has 1 aromatic heterocycles. The molecular formula is C23H25N5OS2. The highest BCUT2D eigenvalue weighted by Crippen LogP contribution is 2.27. The van der Waals surface area contributed by atoms with Gasteiger partial charge in [0.1, 0.15) is 5.75 Å². The third-order valence-corrected chi connectivity index (χ3v) is 5.67. The highest BCUT2D eigenvalue weighted by molar-refractivity contribution is 7.98. The Balaban J connectivity index is 1.67. The second-order valence-corrected chi connectivity index (χ2v) is 8.28. The molecule has 0 saturated carbocycles. The van der Waals surface area contributed by atoms with Crippen LogP contribution in [0.15, 0.2) is 65.1 Å². The zero-order valence-electron chi connectivity index (χ0n) is 18.0. The van der Waals surface area contributed by atoms with Gasteiger partial charge in [0, 0.05) is 29.4 Å². The molecule has 0 aliphatic heterocycles. The predicted molar refractivity (Wildman–Crippen MR) is 132 cm³/mol. The lowest BCUT2D eigenvalue weighted by Gasteiger charge is -2.12. The molecule has 0 aliphatic carbocycles. The van der Waals surface area contributed by atoms with Crippen LogP contribution in [0.25, 0.3) is 0 Å². The summed E-state index contributed by atoms with van der Waals surface area (Å²) in [6, 6.07) is 14.0. The van der Waals surface area contributed by atoms with E-state index in [1.54, 1.807) is 37.3 Å². The van der Waals surface area contributed by atoms with Crippen LogP contribution >= 0.6 is 24.0 Å². The Hall–Kier alpha value is -2.97. The van der Waals surface area contributed by atoms with Gasteiger partial charge in [0.2, 0.25) is 0 Å². The minimum atomic E-state index is 0.442. The second-order valence-electron chi connectivity index (χ2n) is 6.93. The Morgan fingerprint density at radius 3 is 2.61 bits per heavy atom. The fourth-order valence-electron chi connectivity index (χ4n) is 2.92. The number of aryl methyl sites for hydroxylation is 2. The number of thioether (sulfide) groups is 1. The number of methoxy groups -OCH3 is 1. The molecule has 160 valence electrons. The van der Waals surface area contributed by atoms with Crippen LogP contribution in [0.4, 0.5) is 5.69 Å². The van der Waals surface area contributed by atoms with Crippen LogP contribution in [0.1, 0.15) is 29.2 Å². The van der Waals surface area contributed by atoms with Crippen molar-refractivity contribution in [2.75, 3.05) is 12.4 Å². The molecule has 6 nitrogen and oxygen atoms in total. The smallest absolute Gasteiger partial charge is 0.191 e. The summed E-state index contributed by atoms with van der Waals surface area (Å²) in [5.74, 6) is 1.51. The Morgan fingerprint density at radius 2 is 1.90 bits per heavy atom. The van der Waals surface area contributed by atoms with Crippen molar-refractivity contribution in [2.45, 2.75) is 31.7 Å². The average molecular weight is 452 g/mol. The van der Waals surface area contributed by atoms with Crippen molar-refractivity contribution < 1.29 is 4.74 Å². The van der Waals surface area contributed by atoms with Gasteiger partial charge in [-0.15, -0.1) is 0 Å². The molecule has 1 heterocycles. The third kappa shape index (κ3) is 6.50. The first-order valence-electron chi connectivity index (χ1n) is 9.72. The molecule has 0 amide bonds. The number of aromatic nitrogens is 2. The number of hydrogen-bond acceptors (Lipinski definition) is 6. The summed E-state index contributed by atoms with van der Waals surface area (Å²) in [6.45, 7) is 6.05. The molecule has 0 bridgehead atoms. The second kappa shape index (κ2) is 10.9. The first kappa shape index (κ1) is 22.7. The van der Waals surface area contributed by atoms with E-state index in [1.807, 2.05) is 38.1 Å². The standard InChI is InChI=1S/C23H25N5OS2/c1-15-6-8-20(16(2)12-15)26-22(30)28-27-17(3)18-7-9-21(29-4)19(13-18)14-31-23-24-10-5-11-25-23/h5-13H,14H2,1-4H3,(H2,26,28,30)/b27-17+. The number of hydrazone groups is 1. The number of nitrogens with one attached hydrogen (secondary N) is 2. The van der Waals surface area contributed by atoms with Crippen LogP contribution in [0.2, 0.25) is 0 Å². The van der Waals surface area contributed by atoms with Crippen molar-refractivity contribution in [3.63, 3.8) is 0 Å². The van der Waals surface area contributed by atoms with Crippen LogP contribution in [0.5, 0.6) is 5.75 Å². The van der Waals surface area contributed by atoms with Gasteiger partial charge in [-0.25, -0.2) is 9.97 Å². The number of thiocarbonyl (C=S) groups is 1. The normalized spacial score (nSPS) is 11.2. The number of rotatable bonds is 7. The van der Waals surface area contributed by atoms with E-state index in [2.05, 4.69) is 44.9 Å². The molecule has 0 fully saturated rings. The summed E-state index contributed by atoms with van der Waals surface area (Å²) in [6.07, 6.45) is 3.47. The first-order valence-corrected chi connectivity index (χ1v) is 11.1. The highest BCUT2D eigenvalue weighted by atomic mass is 32.2. The maximum absolute atomic E-state index is 5.51. The lowest BCUT2D eigenvalue weighted by molar-refractivity contribution is 0.411. The summed E-state index contributed by atoms with van der Waals surface area (Å²) in [4.78, 5) is 8.51. The van der Waals surface area contributed by atoms with Crippen molar-refractivity contribution >= 4 is 40.5 Å². The van der Waals surface area contributed by atoms with Gasteiger partial charge in [0.05, 0.1) is 12.8 Å². The predicted octanol–water partition coefficient (Wildman–Crippen LogP) is 5.10. The van der Waals surface area contributed by atoms with Gasteiger partial charge in [0.25, 0.3) is 0 Å². The Kier molecular flexibility index (Phi) is 7.97. The largest absolute Gasteiger partial charge is 0.496 e. The van der Waals surface area contributed by atoms with Gasteiger partial charge in [-0.2, -0.15) is 5.10 Å². The van der Waals surface area contributed by atoms with Crippen LogP contribution in [0.3, 0.4) is 0 Å². The topological polar surface area (TPSA) is 71.4 Å². The van der Waals surface area contributed by atoms with Crippen molar-refractivity contribution in [1.29, 1.82) is 0 Å². The summed E-state index contributed by atoms with van der Waals surface area (Å²) >= 11 is 6.95. The molecule has 3 aromatic rings. The van der Waals surface area contributed by atoms with Gasteiger partial charge in [-0.3, -0.25) is 5.43 Å². The molecular weight excluding hydrogens is 426 g/mol. The van der Waals surface area contributed by atoms with Crippen molar-refractivity contribution in [3.05, 3.63) is 77.1 Å². The fourth-order valence-corrected chi connectivity index (χ4v) is 3.86. The van der Waals surface area contributed by atoms with Crippen molar-refractivity contribution in [2.24, 2.45) is 5.10 Å². The Labute approximate surface area is 192 Å². The summed E-state index contributed by atoms with van der Waals surface area (Å²) < 4.78 is 5.51. The van der Waals surface area contributed by atoms with Gasteiger partial charge in [-0.05, 0) is 74.4 Å². The van der Waals surface area contributed by atoms with Gasteiger partial charge in [-0.1, -0.05) is 29.5 Å². The minimum absolute atomic E-state index is 0.442. The van der Waals surface area contributed by atoms with Gasteiger partial charge < -0.3 is 10.1 Å². The number of anilines is 1. The minimum Gasteiger partial charge on any atom is -0.496 e. The molecule has 2 aromatic carbocycles. The number of nitrogens with zero attached hydrogens (tertiary/aromatic N) is 3. The molecule has 0 saturated heterocycles. The molecule has 31 heavy (non-hydrogen) atoms. The average Bonchev–Trinajstić information content (AvgIpc) is 2.78. The monoisotopic (exact) mass is 451 g/mol. The van der Waals surface area contributed by atoms with Crippen LogP contribution in [-0.4, -0.2) is 27.9 Å². The molecule has 0 spiro atoms. The van der Waals surface area contributed by atoms with E-state index < -0.39 is 0 Å². The van der Waals surface area contributed by atoms with E-state index >= 15 is 0 Å². The lowest BCUT2D eigenvalue weighted by atomic mass is 10.1. The van der Waals surface area contributed by atoms with E-state index in [0.29, 0.717) is 10.9 Å². The maximum Gasteiger partial charge on any atom is 0.191 e. The SMILES string of the molecule is COc1ccc(/C(C)=N/NC(=S)Nc2ccc(C)cc2C)cc1CSc1ncccn1. The first-order chi connectivity index (χ1) is 15.0. The van der Waals surface area contributed by atoms with E-state index in [9.17, 15) is 0 Å². The molecule has 2 N–H and O–H groups in total. The zero-order chi connectivity index (χ0) is 22.2. The van der Waals surface area contributed by atoms with E-state index in [4.69, 9.17) is 17.0 Å². The van der Waals surface area contributed by atoms with Gasteiger partial charge in [0.15, 0.2) is 10.3 Å². The molecule has 8 heteroatoms. The molecule has 0 radical (unpaired) electrons. The Morgan fingerprint density at radius 1 is 1.13 bits per heavy atom. The summed E-state index contributed by atoms with van der Waals surface area (Å²) in [5, 5.41) is 8.80. The fraction of sp³-hybridized carbons (Fsp3) is 0.217. The summed E-state index contributed by atoms with van der Waals surface area (Å²) in [5.41, 5.74) is 9.07. The van der Waals surface area contributed by atoms with E-state index in [-0.39, 0.29) is 0 Å².